The number of anilines is 1. The number of rotatable bonds is 5. The Morgan fingerprint density at radius 2 is 1.74 bits per heavy atom. The fourth-order valence-electron chi connectivity index (χ4n) is 1.69. The van der Waals surface area contributed by atoms with Gasteiger partial charge in [0.2, 0.25) is 5.91 Å². The van der Waals surface area contributed by atoms with Crippen LogP contribution in [0.3, 0.4) is 0 Å². The number of nitrogens with two attached hydrogens (primary N) is 1. The predicted octanol–water partition coefficient (Wildman–Crippen LogP) is 2.91. The molecule has 0 unspecified atom stereocenters. The van der Waals surface area contributed by atoms with Crippen molar-refractivity contribution in [3.05, 3.63) is 71.8 Å². The maximum atomic E-state index is 10.9. The van der Waals surface area contributed by atoms with E-state index in [0.717, 1.165) is 12.2 Å². The van der Waals surface area contributed by atoms with Crippen molar-refractivity contribution in [2.75, 3.05) is 11.9 Å². The van der Waals surface area contributed by atoms with Gasteiger partial charge in [-0.25, -0.2) is 0 Å². The Balaban J connectivity index is 1.86. The molecule has 0 radical (unpaired) electrons. The fourth-order valence-corrected chi connectivity index (χ4v) is 1.69. The lowest BCUT2D eigenvalue weighted by molar-refractivity contribution is 0.100. The number of carbonyl (C=O) groups is 1. The van der Waals surface area contributed by atoms with E-state index in [1.165, 1.54) is 5.56 Å². The quantitative estimate of drug-likeness (QED) is 0.859. The number of hydrogen-bond acceptors (Lipinski definition) is 2. The Morgan fingerprint density at radius 1 is 1.05 bits per heavy atom. The SMILES string of the molecule is NC(=O)c1ccc(NCC=Cc2ccccc2)cc1. The molecule has 0 aromatic heterocycles. The van der Waals surface area contributed by atoms with Gasteiger partial charge in [0, 0.05) is 17.8 Å². The molecule has 3 nitrogen and oxygen atoms in total. The number of hydrogen-bond donors (Lipinski definition) is 2. The number of benzene rings is 2. The second kappa shape index (κ2) is 6.40. The molecule has 0 spiro atoms. The highest BCUT2D eigenvalue weighted by atomic mass is 16.1. The number of nitrogens with one attached hydrogen (secondary N) is 1. The lowest BCUT2D eigenvalue weighted by Gasteiger charge is -2.03. The summed E-state index contributed by atoms with van der Waals surface area (Å²) in [6.45, 7) is 0.727. The molecule has 3 heteroatoms. The van der Waals surface area contributed by atoms with Crippen LogP contribution in [0.4, 0.5) is 5.69 Å². The maximum absolute atomic E-state index is 10.9. The third kappa shape index (κ3) is 4.00. The molecule has 0 fully saturated rings. The van der Waals surface area contributed by atoms with Crippen molar-refractivity contribution in [2.24, 2.45) is 5.73 Å². The smallest absolute Gasteiger partial charge is 0.248 e. The first kappa shape index (κ1) is 12.9. The van der Waals surface area contributed by atoms with E-state index < -0.39 is 5.91 Å². The molecule has 0 aliphatic carbocycles. The van der Waals surface area contributed by atoms with Crippen molar-refractivity contribution in [1.82, 2.24) is 0 Å². The minimum Gasteiger partial charge on any atom is -0.382 e. The van der Waals surface area contributed by atoms with E-state index in [2.05, 4.69) is 29.6 Å². The summed E-state index contributed by atoms with van der Waals surface area (Å²) in [6.07, 6.45) is 4.11. The summed E-state index contributed by atoms with van der Waals surface area (Å²) in [5, 5.41) is 3.24. The van der Waals surface area contributed by atoms with Crippen molar-refractivity contribution in [1.29, 1.82) is 0 Å². The molecule has 1 amide bonds. The topological polar surface area (TPSA) is 55.1 Å². The van der Waals surface area contributed by atoms with E-state index in [1.807, 2.05) is 30.3 Å². The first-order valence-electron chi connectivity index (χ1n) is 6.11. The van der Waals surface area contributed by atoms with Crippen LogP contribution in [0.25, 0.3) is 6.08 Å². The minimum atomic E-state index is -0.407. The molecule has 96 valence electrons. The molecular formula is C16H16N2O. The molecular weight excluding hydrogens is 236 g/mol. The first-order valence-corrected chi connectivity index (χ1v) is 6.11. The van der Waals surface area contributed by atoms with Crippen molar-refractivity contribution >= 4 is 17.7 Å². The predicted molar refractivity (Wildman–Crippen MR) is 78.9 cm³/mol. The zero-order valence-electron chi connectivity index (χ0n) is 10.5. The van der Waals surface area contributed by atoms with Crippen LogP contribution in [0.5, 0.6) is 0 Å². The standard InChI is InChI=1S/C16H16N2O/c17-16(19)14-8-10-15(11-9-14)18-12-4-7-13-5-2-1-3-6-13/h1-11,18H,12H2,(H2,17,19). The van der Waals surface area contributed by atoms with Crippen molar-refractivity contribution in [3.8, 4) is 0 Å². The van der Waals surface area contributed by atoms with Gasteiger partial charge >= 0.3 is 0 Å². The maximum Gasteiger partial charge on any atom is 0.248 e. The molecule has 0 aliphatic heterocycles. The van der Waals surface area contributed by atoms with Gasteiger partial charge in [-0.3, -0.25) is 4.79 Å². The van der Waals surface area contributed by atoms with Gasteiger partial charge < -0.3 is 11.1 Å². The minimum absolute atomic E-state index is 0.407. The van der Waals surface area contributed by atoms with Gasteiger partial charge in [-0.05, 0) is 29.8 Å². The molecule has 0 saturated heterocycles. The third-order valence-corrected chi connectivity index (χ3v) is 2.70. The zero-order valence-corrected chi connectivity index (χ0v) is 10.5. The van der Waals surface area contributed by atoms with E-state index in [0.29, 0.717) is 5.56 Å². The Labute approximate surface area is 112 Å². The van der Waals surface area contributed by atoms with Crippen LogP contribution >= 0.6 is 0 Å². The van der Waals surface area contributed by atoms with Crippen LogP contribution in [-0.2, 0) is 0 Å². The molecule has 0 saturated carbocycles. The summed E-state index contributed by atoms with van der Waals surface area (Å²) in [5.74, 6) is -0.407. The van der Waals surface area contributed by atoms with E-state index in [4.69, 9.17) is 5.73 Å². The van der Waals surface area contributed by atoms with Gasteiger partial charge in [0.15, 0.2) is 0 Å². The summed E-state index contributed by atoms with van der Waals surface area (Å²) in [4.78, 5) is 10.9. The summed E-state index contributed by atoms with van der Waals surface area (Å²) in [7, 11) is 0. The van der Waals surface area contributed by atoms with Gasteiger partial charge in [0.05, 0.1) is 0 Å². The van der Waals surface area contributed by atoms with Crippen molar-refractivity contribution in [2.45, 2.75) is 0 Å². The van der Waals surface area contributed by atoms with Crippen LogP contribution < -0.4 is 11.1 Å². The van der Waals surface area contributed by atoms with Crippen LogP contribution in [0.2, 0.25) is 0 Å². The van der Waals surface area contributed by atoms with Crippen LogP contribution in [0, 0.1) is 0 Å². The van der Waals surface area contributed by atoms with Gasteiger partial charge in [-0.1, -0.05) is 42.5 Å². The molecule has 2 rings (SSSR count). The van der Waals surface area contributed by atoms with Gasteiger partial charge in [-0.15, -0.1) is 0 Å². The fraction of sp³-hybridized carbons (Fsp3) is 0.0625. The van der Waals surface area contributed by atoms with E-state index in [9.17, 15) is 4.79 Å². The molecule has 19 heavy (non-hydrogen) atoms. The van der Waals surface area contributed by atoms with E-state index in [-0.39, 0.29) is 0 Å². The summed E-state index contributed by atoms with van der Waals surface area (Å²) >= 11 is 0. The van der Waals surface area contributed by atoms with Crippen molar-refractivity contribution < 1.29 is 4.79 Å². The average molecular weight is 252 g/mol. The molecule has 0 atom stereocenters. The third-order valence-electron chi connectivity index (χ3n) is 2.70. The van der Waals surface area contributed by atoms with Gasteiger partial charge in [-0.2, -0.15) is 0 Å². The van der Waals surface area contributed by atoms with Crippen molar-refractivity contribution in [3.63, 3.8) is 0 Å². The van der Waals surface area contributed by atoms with Gasteiger partial charge in [0.1, 0.15) is 0 Å². The molecule has 2 aromatic carbocycles. The number of carbonyl (C=O) groups excluding carboxylic acids is 1. The van der Waals surface area contributed by atoms with E-state index >= 15 is 0 Å². The normalized spacial score (nSPS) is 10.5. The molecule has 0 heterocycles. The Morgan fingerprint density at radius 3 is 2.37 bits per heavy atom. The van der Waals surface area contributed by atoms with Crippen LogP contribution in [-0.4, -0.2) is 12.5 Å². The highest BCUT2D eigenvalue weighted by molar-refractivity contribution is 5.93. The Hall–Kier alpha value is -2.55. The summed E-state index contributed by atoms with van der Waals surface area (Å²) in [5.41, 5.74) is 7.83. The lowest BCUT2D eigenvalue weighted by atomic mass is 10.2. The lowest BCUT2D eigenvalue weighted by Crippen LogP contribution is -2.10. The molecule has 2 aromatic rings. The van der Waals surface area contributed by atoms with Crippen LogP contribution in [0.15, 0.2) is 60.7 Å². The second-order valence-corrected chi connectivity index (χ2v) is 4.14. The number of amides is 1. The highest BCUT2D eigenvalue weighted by Gasteiger charge is 1.98. The Kier molecular flexibility index (Phi) is 4.34. The largest absolute Gasteiger partial charge is 0.382 e. The molecule has 3 N–H and O–H groups in total. The van der Waals surface area contributed by atoms with Gasteiger partial charge in [0.25, 0.3) is 0 Å². The van der Waals surface area contributed by atoms with Crippen LogP contribution in [0.1, 0.15) is 15.9 Å². The highest BCUT2D eigenvalue weighted by Crippen LogP contribution is 2.09. The second-order valence-electron chi connectivity index (χ2n) is 4.14. The molecule has 0 bridgehead atoms. The average Bonchev–Trinajstić information content (AvgIpc) is 2.45. The first-order chi connectivity index (χ1) is 9.25. The summed E-state index contributed by atoms with van der Waals surface area (Å²) < 4.78 is 0. The Bertz CT molecular complexity index is 559. The number of primary amides is 1. The summed E-state index contributed by atoms with van der Waals surface area (Å²) in [6, 6.07) is 17.2. The zero-order chi connectivity index (χ0) is 13.5. The monoisotopic (exact) mass is 252 g/mol. The molecule has 0 aliphatic rings. The van der Waals surface area contributed by atoms with E-state index in [1.54, 1.807) is 12.1 Å².